The average molecular weight is 491 g/mol. The van der Waals surface area contributed by atoms with Crippen molar-refractivity contribution in [3.63, 3.8) is 0 Å². The number of methoxy groups -OCH3 is 1. The molecule has 1 fully saturated rings. The number of ether oxygens (including phenoxy) is 2. The fourth-order valence-electron chi connectivity index (χ4n) is 4.63. The number of amides is 3. The Morgan fingerprint density at radius 3 is 2.57 bits per heavy atom. The zero-order chi connectivity index (χ0) is 25.7. The summed E-state index contributed by atoms with van der Waals surface area (Å²) in [5, 5.41) is 2.70. The van der Waals surface area contributed by atoms with E-state index in [1.807, 2.05) is 52.0 Å². The van der Waals surface area contributed by atoms with Crippen LogP contribution in [0.2, 0.25) is 0 Å². The van der Waals surface area contributed by atoms with Crippen molar-refractivity contribution >= 4 is 23.8 Å². The number of para-hydroxylation sites is 1. The number of carbonyl (C=O) groups is 2. The number of nitrogens with one attached hydrogen (secondary N) is 1. The minimum Gasteiger partial charge on any atom is -0.481 e. The van der Waals surface area contributed by atoms with Gasteiger partial charge in [-0.15, -0.1) is 0 Å². The first-order valence-electron chi connectivity index (χ1n) is 11.6. The molecule has 1 saturated heterocycles. The third kappa shape index (κ3) is 5.63. The van der Waals surface area contributed by atoms with E-state index in [2.05, 4.69) is 15.0 Å². The summed E-state index contributed by atoms with van der Waals surface area (Å²) >= 11 is 0. The van der Waals surface area contributed by atoms with Crippen LogP contribution in [0.15, 0.2) is 36.4 Å². The molecule has 190 valence electrons. The molecule has 3 atom stereocenters. The number of nitrogens with zero attached hydrogens (tertiary/aromatic N) is 3. The number of hydrogen-bond donors (Lipinski definition) is 1. The Kier molecular flexibility index (Phi) is 8.48. The Bertz CT molecular complexity index is 1040. The molecule has 35 heavy (non-hydrogen) atoms. The molecule has 10 heteroatoms. The van der Waals surface area contributed by atoms with E-state index in [1.54, 1.807) is 9.80 Å². The Hall–Kier alpha value is -3.43. The van der Waals surface area contributed by atoms with Gasteiger partial charge in [0.2, 0.25) is 18.2 Å². The van der Waals surface area contributed by atoms with Crippen LogP contribution < -0.4 is 19.7 Å². The van der Waals surface area contributed by atoms with Crippen molar-refractivity contribution in [2.24, 2.45) is 0 Å². The molecule has 0 spiro atoms. The summed E-state index contributed by atoms with van der Waals surface area (Å²) in [4.78, 5) is 32.9. The molecule has 3 amide bonds. The number of hydrogen-bond acceptors (Lipinski definition) is 5. The molecule has 0 radical (unpaired) electrons. The van der Waals surface area contributed by atoms with E-state index in [4.69, 9.17) is 4.74 Å². The quantitative estimate of drug-likeness (QED) is 0.486. The second-order valence-corrected chi connectivity index (χ2v) is 8.76. The van der Waals surface area contributed by atoms with Crippen LogP contribution in [0, 0.1) is 0 Å². The Labute approximate surface area is 204 Å². The van der Waals surface area contributed by atoms with Crippen LogP contribution >= 0.6 is 0 Å². The summed E-state index contributed by atoms with van der Waals surface area (Å²) in [7, 11) is 1.35. The van der Waals surface area contributed by atoms with Gasteiger partial charge in [-0.1, -0.05) is 39.0 Å². The van der Waals surface area contributed by atoms with Gasteiger partial charge in [0.1, 0.15) is 5.69 Å². The van der Waals surface area contributed by atoms with Crippen LogP contribution in [0.25, 0.3) is 0 Å². The van der Waals surface area contributed by atoms with Crippen molar-refractivity contribution in [3.8, 4) is 11.8 Å². The third-order valence-corrected chi connectivity index (χ3v) is 6.41. The third-order valence-electron chi connectivity index (χ3n) is 6.41. The van der Waals surface area contributed by atoms with E-state index in [1.165, 1.54) is 19.2 Å². The lowest BCUT2D eigenvalue weighted by molar-refractivity contribution is -0.120. The number of halogens is 2. The molecule has 2 heterocycles. The van der Waals surface area contributed by atoms with Crippen LogP contribution in [0.5, 0.6) is 11.8 Å². The molecule has 0 aliphatic carbocycles. The van der Waals surface area contributed by atoms with Gasteiger partial charge in [-0.3, -0.25) is 9.69 Å². The average Bonchev–Trinajstić information content (AvgIpc) is 3.15. The van der Waals surface area contributed by atoms with E-state index < -0.39 is 18.5 Å². The summed E-state index contributed by atoms with van der Waals surface area (Å²) in [5.74, 6) is -0.273. The second kappa shape index (κ2) is 11.3. The van der Waals surface area contributed by atoms with Gasteiger partial charge in [0.05, 0.1) is 13.2 Å². The van der Waals surface area contributed by atoms with Gasteiger partial charge in [-0.2, -0.15) is 13.8 Å². The summed E-state index contributed by atoms with van der Waals surface area (Å²) < 4.78 is 35.6. The van der Waals surface area contributed by atoms with Crippen molar-refractivity contribution in [1.29, 1.82) is 0 Å². The summed E-state index contributed by atoms with van der Waals surface area (Å²) in [5.41, 5.74) is 1.62. The van der Waals surface area contributed by atoms with E-state index in [9.17, 15) is 18.4 Å². The number of pyridine rings is 1. The minimum absolute atomic E-state index is 0.0191. The number of aromatic nitrogens is 1. The molecule has 1 aliphatic heterocycles. The molecule has 0 saturated carbocycles. The predicted octanol–water partition coefficient (Wildman–Crippen LogP) is 5.25. The van der Waals surface area contributed by atoms with Crippen molar-refractivity contribution < 1.29 is 27.8 Å². The monoisotopic (exact) mass is 490 g/mol. The standard InChI is InChI=1S/C25H32F2N4O4/c1-6-17-13-21(16(4)30(17)14-32)31(20-10-8-7-9-18(20)15(2)3)25(33)28-19-11-12-22(34-5)29-23(19)35-24(26)27/h7-12,14-17,21,24H,6,13H2,1-5H3,(H,28,33). The lowest BCUT2D eigenvalue weighted by Crippen LogP contribution is -2.49. The topological polar surface area (TPSA) is 84.0 Å². The lowest BCUT2D eigenvalue weighted by Gasteiger charge is -2.34. The fourth-order valence-corrected chi connectivity index (χ4v) is 4.63. The number of urea groups is 1. The smallest absolute Gasteiger partial charge is 0.388 e. The first-order chi connectivity index (χ1) is 16.7. The highest BCUT2D eigenvalue weighted by Gasteiger charge is 2.43. The molecular weight excluding hydrogens is 458 g/mol. The molecule has 1 aromatic carbocycles. The van der Waals surface area contributed by atoms with Crippen LogP contribution in [-0.2, 0) is 4.79 Å². The van der Waals surface area contributed by atoms with Gasteiger partial charge < -0.3 is 19.7 Å². The van der Waals surface area contributed by atoms with Crippen molar-refractivity contribution in [2.75, 3.05) is 17.3 Å². The number of rotatable bonds is 9. The molecule has 3 rings (SSSR count). The van der Waals surface area contributed by atoms with E-state index in [-0.39, 0.29) is 35.6 Å². The Morgan fingerprint density at radius 1 is 1.29 bits per heavy atom. The Balaban J connectivity index is 2.06. The zero-order valence-corrected chi connectivity index (χ0v) is 20.6. The molecule has 1 aliphatic rings. The molecule has 1 N–H and O–H groups in total. The van der Waals surface area contributed by atoms with E-state index in [0.29, 0.717) is 12.1 Å². The maximum atomic E-state index is 13.8. The maximum Gasteiger partial charge on any atom is 0.388 e. The number of benzene rings is 1. The molecule has 0 bridgehead atoms. The maximum absolute atomic E-state index is 13.8. The highest BCUT2D eigenvalue weighted by molar-refractivity contribution is 6.03. The van der Waals surface area contributed by atoms with Gasteiger partial charge in [-0.05, 0) is 43.4 Å². The van der Waals surface area contributed by atoms with Crippen LogP contribution in [-0.4, -0.2) is 54.2 Å². The van der Waals surface area contributed by atoms with Gasteiger partial charge in [0.15, 0.2) is 0 Å². The largest absolute Gasteiger partial charge is 0.481 e. The molecular formula is C25H32F2N4O4. The number of alkyl halides is 2. The van der Waals surface area contributed by atoms with E-state index in [0.717, 1.165) is 18.4 Å². The molecule has 3 unspecified atom stereocenters. The summed E-state index contributed by atoms with van der Waals surface area (Å²) in [6.07, 6.45) is 2.15. The normalized spacial score (nSPS) is 19.7. The first-order valence-corrected chi connectivity index (χ1v) is 11.6. The summed E-state index contributed by atoms with van der Waals surface area (Å²) in [6.45, 7) is 4.83. The van der Waals surface area contributed by atoms with E-state index >= 15 is 0 Å². The molecule has 8 nitrogen and oxygen atoms in total. The van der Waals surface area contributed by atoms with Gasteiger partial charge in [0, 0.05) is 23.8 Å². The van der Waals surface area contributed by atoms with Crippen molar-refractivity contribution in [3.05, 3.63) is 42.0 Å². The number of carbonyl (C=O) groups excluding carboxylic acids is 2. The van der Waals surface area contributed by atoms with Gasteiger partial charge in [0.25, 0.3) is 0 Å². The highest BCUT2D eigenvalue weighted by atomic mass is 19.3. The highest BCUT2D eigenvalue weighted by Crippen LogP contribution is 2.37. The second-order valence-electron chi connectivity index (χ2n) is 8.76. The van der Waals surface area contributed by atoms with Crippen molar-refractivity contribution in [2.45, 2.75) is 71.2 Å². The van der Waals surface area contributed by atoms with Crippen LogP contribution in [0.1, 0.15) is 52.0 Å². The molecule has 1 aromatic heterocycles. The summed E-state index contributed by atoms with van der Waals surface area (Å²) in [6, 6.07) is 9.25. The fraction of sp³-hybridized carbons (Fsp3) is 0.480. The lowest BCUT2D eigenvalue weighted by atomic mass is 9.98. The van der Waals surface area contributed by atoms with Crippen molar-refractivity contribution in [1.82, 2.24) is 9.88 Å². The number of likely N-dealkylation sites (tertiary alicyclic amines) is 1. The van der Waals surface area contributed by atoms with Crippen LogP contribution in [0.3, 0.4) is 0 Å². The molecule has 2 aromatic rings. The SMILES string of the molecule is CCC1CC(N(C(=O)Nc2ccc(OC)nc2OC(F)F)c2ccccc2C(C)C)C(C)N1C=O. The Morgan fingerprint density at radius 2 is 2.00 bits per heavy atom. The van der Waals surface area contributed by atoms with Gasteiger partial charge >= 0.3 is 12.6 Å². The minimum atomic E-state index is -3.13. The predicted molar refractivity (Wildman–Crippen MR) is 129 cm³/mol. The van der Waals surface area contributed by atoms with Gasteiger partial charge in [-0.25, -0.2) is 4.79 Å². The van der Waals surface area contributed by atoms with Crippen LogP contribution in [0.4, 0.5) is 25.0 Å². The first kappa shape index (κ1) is 26.2. The zero-order valence-electron chi connectivity index (χ0n) is 20.6. The number of anilines is 2.